The van der Waals surface area contributed by atoms with Gasteiger partial charge in [-0.2, -0.15) is 0 Å². The van der Waals surface area contributed by atoms with Gasteiger partial charge in [0.2, 0.25) is 0 Å². The lowest BCUT2D eigenvalue weighted by Gasteiger charge is -2.22. The molecule has 0 aliphatic heterocycles. The summed E-state index contributed by atoms with van der Waals surface area (Å²) in [5, 5.41) is 0.677. The van der Waals surface area contributed by atoms with Crippen LogP contribution in [0.2, 0.25) is 5.02 Å². The Bertz CT molecular complexity index is 433. The van der Waals surface area contributed by atoms with Crippen molar-refractivity contribution in [2.45, 2.75) is 31.6 Å². The Morgan fingerprint density at radius 2 is 2.11 bits per heavy atom. The highest BCUT2D eigenvalue weighted by molar-refractivity contribution is 6.32. The van der Waals surface area contributed by atoms with Gasteiger partial charge in [-0.05, 0) is 54.7 Å². The molecule has 98 valence electrons. The van der Waals surface area contributed by atoms with Gasteiger partial charge in [0, 0.05) is 5.88 Å². The largest absolute Gasteiger partial charge is 0.492 e. The molecule has 0 heterocycles. The molecule has 0 saturated heterocycles. The van der Waals surface area contributed by atoms with Crippen LogP contribution in [0.4, 0.5) is 0 Å². The van der Waals surface area contributed by atoms with Crippen LogP contribution in [-0.4, -0.2) is 6.61 Å². The summed E-state index contributed by atoms with van der Waals surface area (Å²) in [4.78, 5) is 0. The topological polar surface area (TPSA) is 9.23 Å². The first kappa shape index (κ1) is 12.6. The second-order valence-electron chi connectivity index (χ2n) is 5.64. The molecule has 1 aromatic rings. The molecule has 1 nitrogen and oxygen atoms in total. The predicted molar refractivity (Wildman–Crippen MR) is 75.4 cm³/mol. The predicted octanol–water partition coefficient (Wildman–Crippen LogP) is 4.89. The fraction of sp³-hybridized carbons (Fsp3) is 0.600. The number of hydrogen-bond donors (Lipinski definition) is 0. The highest BCUT2D eigenvalue weighted by Crippen LogP contribution is 2.48. The second kappa shape index (κ2) is 5.30. The average molecular weight is 285 g/mol. The Morgan fingerprint density at radius 3 is 2.72 bits per heavy atom. The molecule has 0 aromatic heterocycles. The van der Waals surface area contributed by atoms with E-state index >= 15 is 0 Å². The number of benzene rings is 1. The van der Waals surface area contributed by atoms with Gasteiger partial charge < -0.3 is 4.74 Å². The molecule has 2 saturated carbocycles. The molecule has 3 rings (SSSR count). The van der Waals surface area contributed by atoms with Crippen LogP contribution in [0.3, 0.4) is 0 Å². The lowest BCUT2D eigenvalue weighted by molar-refractivity contribution is 0.195. The van der Waals surface area contributed by atoms with Crippen molar-refractivity contribution in [2.75, 3.05) is 6.61 Å². The lowest BCUT2D eigenvalue weighted by Crippen LogP contribution is -2.18. The molecule has 3 atom stereocenters. The Hall–Kier alpha value is -0.400. The second-order valence-corrected chi connectivity index (χ2v) is 6.32. The highest BCUT2D eigenvalue weighted by Gasteiger charge is 2.39. The number of hydrogen-bond acceptors (Lipinski definition) is 1. The molecular formula is C15H18Cl2O. The van der Waals surface area contributed by atoms with E-state index in [1.54, 1.807) is 0 Å². The van der Waals surface area contributed by atoms with Crippen molar-refractivity contribution >= 4 is 23.2 Å². The molecule has 2 aliphatic rings. The van der Waals surface area contributed by atoms with Crippen LogP contribution < -0.4 is 4.74 Å². The summed E-state index contributed by atoms with van der Waals surface area (Å²) in [7, 11) is 0. The Balaban J connectivity index is 1.60. The van der Waals surface area contributed by atoms with Crippen LogP contribution >= 0.6 is 23.2 Å². The van der Waals surface area contributed by atoms with Gasteiger partial charge in [0.15, 0.2) is 0 Å². The first-order valence-corrected chi connectivity index (χ1v) is 7.64. The lowest BCUT2D eigenvalue weighted by atomic mass is 9.89. The average Bonchev–Trinajstić information content (AvgIpc) is 2.99. The molecule has 2 fully saturated rings. The molecule has 2 aliphatic carbocycles. The smallest absolute Gasteiger partial charge is 0.137 e. The van der Waals surface area contributed by atoms with Crippen molar-refractivity contribution in [3.63, 3.8) is 0 Å². The standard InChI is InChI=1S/C15H18Cl2O/c16-8-11-2-4-15(14(17)7-11)18-9-13-6-10-1-3-12(13)5-10/h2,4,7,10,12-13H,1,3,5-6,8-9H2. The Kier molecular flexibility index (Phi) is 3.72. The summed E-state index contributed by atoms with van der Waals surface area (Å²) < 4.78 is 5.90. The third kappa shape index (κ3) is 2.48. The fourth-order valence-corrected chi connectivity index (χ4v) is 3.95. The SMILES string of the molecule is ClCc1ccc(OCC2CC3CCC2C3)c(Cl)c1. The van der Waals surface area contributed by atoms with Crippen molar-refractivity contribution in [3.8, 4) is 5.75 Å². The van der Waals surface area contributed by atoms with E-state index in [1.165, 1.54) is 25.7 Å². The fourth-order valence-electron chi connectivity index (χ4n) is 3.52. The summed E-state index contributed by atoms with van der Waals surface area (Å²) in [5.74, 6) is 3.90. The van der Waals surface area contributed by atoms with E-state index < -0.39 is 0 Å². The van der Waals surface area contributed by atoms with E-state index in [-0.39, 0.29) is 0 Å². The van der Waals surface area contributed by atoms with Crippen molar-refractivity contribution in [1.82, 2.24) is 0 Å². The van der Waals surface area contributed by atoms with Crippen LogP contribution in [0.15, 0.2) is 18.2 Å². The first-order valence-electron chi connectivity index (χ1n) is 6.73. The maximum Gasteiger partial charge on any atom is 0.137 e. The van der Waals surface area contributed by atoms with Crippen LogP contribution in [0.5, 0.6) is 5.75 Å². The van der Waals surface area contributed by atoms with Crippen molar-refractivity contribution in [1.29, 1.82) is 0 Å². The number of rotatable bonds is 4. The molecule has 0 radical (unpaired) electrons. The molecule has 3 heteroatoms. The van der Waals surface area contributed by atoms with Gasteiger partial charge in [-0.1, -0.05) is 24.1 Å². The number of halogens is 2. The summed E-state index contributed by atoms with van der Waals surface area (Å²) >= 11 is 12.0. The first-order chi connectivity index (χ1) is 8.76. The highest BCUT2D eigenvalue weighted by atomic mass is 35.5. The van der Waals surface area contributed by atoms with E-state index in [2.05, 4.69) is 0 Å². The van der Waals surface area contributed by atoms with E-state index in [4.69, 9.17) is 27.9 Å². The normalized spacial score (nSPS) is 29.8. The van der Waals surface area contributed by atoms with Crippen molar-refractivity contribution in [2.24, 2.45) is 17.8 Å². The summed E-state index contributed by atoms with van der Waals surface area (Å²) in [6.45, 7) is 0.821. The van der Waals surface area contributed by atoms with Gasteiger partial charge in [-0.15, -0.1) is 11.6 Å². The maximum atomic E-state index is 6.19. The third-order valence-corrected chi connectivity index (χ3v) is 5.09. The Morgan fingerprint density at radius 1 is 1.22 bits per heavy atom. The monoisotopic (exact) mass is 284 g/mol. The van der Waals surface area contributed by atoms with Gasteiger partial charge in [-0.3, -0.25) is 0 Å². The molecule has 0 spiro atoms. The molecule has 18 heavy (non-hydrogen) atoms. The summed E-state index contributed by atoms with van der Waals surface area (Å²) in [6.07, 6.45) is 5.61. The molecular weight excluding hydrogens is 267 g/mol. The summed E-state index contributed by atoms with van der Waals surface area (Å²) in [6, 6.07) is 5.81. The van der Waals surface area contributed by atoms with Crippen LogP contribution in [0, 0.1) is 17.8 Å². The van der Waals surface area contributed by atoms with E-state index in [1.807, 2.05) is 18.2 Å². The summed E-state index contributed by atoms with van der Waals surface area (Å²) in [5.41, 5.74) is 1.04. The molecule has 0 N–H and O–H groups in total. The van der Waals surface area contributed by atoms with Gasteiger partial charge in [0.1, 0.15) is 5.75 Å². The molecule has 2 bridgehead atoms. The van der Waals surface area contributed by atoms with Gasteiger partial charge in [-0.25, -0.2) is 0 Å². The number of ether oxygens (including phenoxy) is 1. The van der Waals surface area contributed by atoms with Crippen LogP contribution in [-0.2, 0) is 5.88 Å². The zero-order valence-corrected chi connectivity index (χ0v) is 11.9. The molecule has 1 aromatic carbocycles. The van der Waals surface area contributed by atoms with Crippen LogP contribution in [0.25, 0.3) is 0 Å². The minimum atomic E-state index is 0.492. The van der Waals surface area contributed by atoms with E-state index in [0.717, 1.165) is 35.7 Å². The molecule has 0 amide bonds. The molecule has 3 unspecified atom stereocenters. The van der Waals surface area contributed by atoms with Crippen molar-refractivity contribution < 1.29 is 4.74 Å². The van der Waals surface area contributed by atoms with Crippen molar-refractivity contribution in [3.05, 3.63) is 28.8 Å². The Labute approximate surface area is 118 Å². The third-order valence-electron chi connectivity index (χ3n) is 4.49. The minimum Gasteiger partial charge on any atom is -0.492 e. The quantitative estimate of drug-likeness (QED) is 0.715. The van der Waals surface area contributed by atoms with Gasteiger partial charge in [0.25, 0.3) is 0 Å². The maximum absolute atomic E-state index is 6.19. The number of alkyl halides is 1. The van der Waals surface area contributed by atoms with E-state index in [9.17, 15) is 0 Å². The van der Waals surface area contributed by atoms with Crippen LogP contribution in [0.1, 0.15) is 31.2 Å². The van der Waals surface area contributed by atoms with E-state index in [0.29, 0.717) is 10.9 Å². The zero-order valence-electron chi connectivity index (χ0n) is 10.4. The van der Waals surface area contributed by atoms with Gasteiger partial charge >= 0.3 is 0 Å². The van der Waals surface area contributed by atoms with Gasteiger partial charge in [0.05, 0.1) is 11.6 Å². The number of fused-ring (bicyclic) bond motifs is 2. The zero-order chi connectivity index (χ0) is 12.5. The minimum absolute atomic E-state index is 0.492.